The molecule has 1 saturated heterocycles. The fourth-order valence-corrected chi connectivity index (χ4v) is 5.14. The first-order valence-corrected chi connectivity index (χ1v) is 7.94. The fraction of sp³-hybridized carbons (Fsp3) is 1.00. The molecule has 0 aliphatic carbocycles. The molecule has 0 aromatic rings. The van der Waals surface area contributed by atoms with Crippen LogP contribution in [0.15, 0.2) is 0 Å². The van der Waals surface area contributed by atoms with Crippen molar-refractivity contribution in [3.63, 3.8) is 0 Å². The van der Waals surface area contributed by atoms with Gasteiger partial charge in [0.15, 0.2) is 0 Å². The van der Waals surface area contributed by atoms with Crippen LogP contribution in [-0.4, -0.2) is 38.0 Å². The molecule has 0 spiro atoms. The Kier molecular flexibility index (Phi) is 4.36. The van der Waals surface area contributed by atoms with Crippen LogP contribution in [0.5, 0.6) is 0 Å². The monoisotopic (exact) mass is 240 g/mol. The third-order valence-corrected chi connectivity index (χ3v) is 7.80. The van der Waals surface area contributed by atoms with E-state index >= 15 is 0 Å². The van der Waals surface area contributed by atoms with Gasteiger partial charge in [-0.2, -0.15) is 0 Å². The van der Waals surface area contributed by atoms with E-state index in [9.17, 15) is 0 Å². The molecule has 0 saturated carbocycles. The summed E-state index contributed by atoms with van der Waals surface area (Å²) in [5.41, 5.74) is 0. The van der Waals surface area contributed by atoms with Crippen molar-refractivity contribution in [1.29, 1.82) is 0 Å². The minimum absolute atomic E-state index is 0.00500. The summed E-state index contributed by atoms with van der Waals surface area (Å²) in [6.45, 7) is 0.819. The molecular weight excluding hydrogens is 228 g/mol. The molecular formula is C5H13BO4SiZn. The van der Waals surface area contributed by atoms with Gasteiger partial charge in [0.2, 0.25) is 0 Å². The number of ether oxygens (including phenoxy) is 1. The Bertz CT molecular complexity index is 141. The van der Waals surface area contributed by atoms with Gasteiger partial charge in [-0.25, -0.2) is 0 Å². The summed E-state index contributed by atoms with van der Waals surface area (Å²) in [6.07, 6.45) is 3.39. The molecule has 2 N–H and O–H groups in total. The Morgan fingerprint density at radius 3 is 2.75 bits per heavy atom. The first-order valence-electron chi connectivity index (χ1n) is 4.24. The zero-order chi connectivity index (χ0) is 9.03. The molecule has 0 aromatic heterocycles. The molecule has 0 amide bonds. The molecule has 4 nitrogen and oxygen atoms in total. The second-order valence-corrected chi connectivity index (χ2v) is 12.6. The van der Waals surface area contributed by atoms with E-state index in [1.807, 2.05) is 0 Å². The molecule has 7 heteroatoms. The van der Waals surface area contributed by atoms with Crippen molar-refractivity contribution in [1.82, 2.24) is 0 Å². The summed E-state index contributed by atoms with van der Waals surface area (Å²) in [6, 6.07) is 0. The van der Waals surface area contributed by atoms with Crippen molar-refractivity contribution in [2.45, 2.75) is 23.1 Å². The Morgan fingerprint density at radius 2 is 2.25 bits per heavy atom. The number of hydrogen-bond acceptors (Lipinski definition) is 4. The fourth-order valence-electron chi connectivity index (χ4n) is 1.36. The first-order chi connectivity index (χ1) is 5.62. The quantitative estimate of drug-likeness (QED) is 0.572. The van der Waals surface area contributed by atoms with Gasteiger partial charge in [-0.15, -0.1) is 0 Å². The maximum atomic E-state index is 8.54. The van der Waals surface area contributed by atoms with Crippen molar-refractivity contribution in [3.05, 3.63) is 0 Å². The predicted octanol–water partition coefficient (Wildman–Crippen LogP) is -1.81. The average Bonchev–Trinajstić information content (AvgIpc) is 2.03. The van der Waals surface area contributed by atoms with Crippen LogP contribution in [0.4, 0.5) is 0 Å². The van der Waals surface area contributed by atoms with Gasteiger partial charge >= 0.3 is 83.0 Å². The van der Waals surface area contributed by atoms with Crippen molar-refractivity contribution in [3.8, 4) is 0 Å². The van der Waals surface area contributed by atoms with E-state index in [0.717, 1.165) is 29.7 Å². The molecule has 0 bridgehead atoms. The van der Waals surface area contributed by atoms with Crippen molar-refractivity contribution in [2.24, 2.45) is 0 Å². The molecule has 1 rings (SSSR count). The standard InChI is InChI=1S/C5H11OSi.BH2O3.Zn/c7-5-3-1-2-4-6-5;2-1(3)4;/h1-4H2,7H3;2-3H;/q;-1;+1. The molecule has 1 heterocycles. The van der Waals surface area contributed by atoms with Crippen molar-refractivity contribution >= 4 is 17.6 Å². The Labute approximate surface area is 83.2 Å². The molecule has 12 heavy (non-hydrogen) atoms. The van der Waals surface area contributed by atoms with E-state index in [4.69, 9.17) is 18.3 Å². The third-order valence-electron chi connectivity index (χ3n) is 2.09. The van der Waals surface area contributed by atoms with Gasteiger partial charge in [0.05, 0.1) is 0 Å². The SMILES string of the molecule is OB(O)[O][Zn][C]1([SiH3])CCCCO1. The number of hydrogen-bond donors (Lipinski definition) is 2. The van der Waals surface area contributed by atoms with Crippen LogP contribution in [0.2, 0.25) is 0 Å². The van der Waals surface area contributed by atoms with E-state index in [1.165, 1.54) is 6.42 Å². The van der Waals surface area contributed by atoms with Crippen molar-refractivity contribution < 1.29 is 35.8 Å². The Morgan fingerprint density at radius 1 is 1.50 bits per heavy atom. The predicted molar refractivity (Wildman–Crippen MR) is 43.7 cm³/mol. The topological polar surface area (TPSA) is 58.9 Å². The van der Waals surface area contributed by atoms with Gasteiger partial charge < -0.3 is 0 Å². The van der Waals surface area contributed by atoms with Crippen LogP contribution in [0.25, 0.3) is 0 Å². The zero-order valence-electron chi connectivity index (χ0n) is 7.32. The molecule has 1 atom stereocenters. The van der Waals surface area contributed by atoms with E-state index in [-0.39, 0.29) is 3.82 Å². The van der Waals surface area contributed by atoms with E-state index in [0.29, 0.717) is 0 Å². The van der Waals surface area contributed by atoms with Gasteiger partial charge in [0, 0.05) is 0 Å². The van der Waals surface area contributed by atoms with Crippen molar-refractivity contribution in [2.75, 3.05) is 6.61 Å². The normalized spacial score (nSPS) is 29.8. The molecule has 66 valence electrons. The first kappa shape index (κ1) is 10.8. The summed E-state index contributed by atoms with van der Waals surface area (Å²) >= 11 is -1.37. The van der Waals surface area contributed by atoms with Gasteiger partial charge in [0.25, 0.3) is 0 Å². The summed E-state index contributed by atoms with van der Waals surface area (Å²) in [5.74, 6) is 0. The summed E-state index contributed by atoms with van der Waals surface area (Å²) in [4.78, 5) is 0. The molecule has 0 radical (unpaired) electrons. The van der Waals surface area contributed by atoms with Gasteiger partial charge in [-0.1, -0.05) is 0 Å². The molecule has 1 unspecified atom stereocenters. The van der Waals surface area contributed by atoms with Crippen LogP contribution in [-0.2, 0) is 25.7 Å². The summed E-state index contributed by atoms with van der Waals surface area (Å²) in [7, 11) is -0.633. The Hall–Kier alpha value is 0.745. The second-order valence-electron chi connectivity index (χ2n) is 3.39. The summed E-state index contributed by atoms with van der Waals surface area (Å²) < 4.78 is 10.5. The molecule has 1 fully saturated rings. The molecule has 1 aliphatic heterocycles. The summed E-state index contributed by atoms with van der Waals surface area (Å²) in [5, 5.41) is 17.1. The minimum atomic E-state index is -1.58. The van der Waals surface area contributed by atoms with Gasteiger partial charge in [-0.3, -0.25) is 0 Å². The third kappa shape index (κ3) is 3.64. The van der Waals surface area contributed by atoms with Crippen LogP contribution in [0.1, 0.15) is 19.3 Å². The van der Waals surface area contributed by atoms with E-state index in [2.05, 4.69) is 0 Å². The van der Waals surface area contributed by atoms with Gasteiger partial charge in [-0.05, 0) is 0 Å². The van der Waals surface area contributed by atoms with Gasteiger partial charge in [0.1, 0.15) is 0 Å². The van der Waals surface area contributed by atoms with E-state index in [1.54, 1.807) is 0 Å². The van der Waals surface area contributed by atoms with Crippen LogP contribution >= 0.6 is 0 Å². The van der Waals surface area contributed by atoms with Crippen LogP contribution < -0.4 is 0 Å². The number of rotatable bonds is 3. The average molecular weight is 241 g/mol. The van der Waals surface area contributed by atoms with E-state index < -0.39 is 24.8 Å². The maximum absolute atomic E-state index is 8.54. The zero-order valence-corrected chi connectivity index (χ0v) is 12.3. The second kappa shape index (κ2) is 4.84. The Balaban J connectivity index is 2.26. The molecule has 0 aromatic carbocycles. The van der Waals surface area contributed by atoms with Crippen LogP contribution in [0, 0.1) is 0 Å². The van der Waals surface area contributed by atoms with Crippen LogP contribution in [0.3, 0.4) is 0 Å². The molecule has 1 aliphatic rings.